The van der Waals surface area contributed by atoms with E-state index in [-0.39, 0.29) is 11.9 Å². The van der Waals surface area contributed by atoms with Crippen molar-refractivity contribution in [2.24, 2.45) is 11.8 Å². The van der Waals surface area contributed by atoms with E-state index in [2.05, 4.69) is 29.0 Å². The molecule has 5 nitrogen and oxygen atoms in total. The van der Waals surface area contributed by atoms with Crippen LogP contribution in [-0.4, -0.2) is 39.9 Å². The van der Waals surface area contributed by atoms with E-state index in [9.17, 15) is 4.79 Å². The number of nitrogens with one attached hydrogen (secondary N) is 1. The number of benzene rings is 1. The summed E-state index contributed by atoms with van der Waals surface area (Å²) in [5.41, 5.74) is 2.94. The smallest absolute Gasteiger partial charge is 0.252 e. The predicted octanol–water partition coefficient (Wildman–Crippen LogP) is 5.63. The molecule has 1 aliphatic heterocycles. The number of aromatic nitrogens is 2. The molecular formula is C28H36N4OS. The Labute approximate surface area is 207 Å². The maximum Gasteiger partial charge on any atom is 0.252 e. The molecule has 1 N–H and O–H groups in total. The van der Waals surface area contributed by atoms with Gasteiger partial charge in [-0.2, -0.15) is 0 Å². The number of rotatable bonds is 7. The van der Waals surface area contributed by atoms with Gasteiger partial charge in [0.05, 0.1) is 16.2 Å². The Morgan fingerprint density at radius 1 is 1.18 bits per heavy atom. The average molecular weight is 477 g/mol. The number of fused-ring (bicyclic) bond motifs is 2. The van der Waals surface area contributed by atoms with Gasteiger partial charge in [0.15, 0.2) is 0 Å². The molecule has 3 aromatic rings. The van der Waals surface area contributed by atoms with Crippen LogP contribution in [0.2, 0.25) is 0 Å². The highest BCUT2D eigenvalue weighted by atomic mass is 32.1. The third kappa shape index (κ3) is 5.49. The molecule has 0 bridgehead atoms. The minimum absolute atomic E-state index is 0.0336. The van der Waals surface area contributed by atoms with E-state index in [4.69, 9.17) is 4.98 Å². The van der Waals surface area contributed by atoms with E-state index >= 15 is 0 Å². The Kier molecular flexibility index (Phi) is 7.26. The summed E-state index contributed by atoms with van der Waals surface area (Å²) in [5, 5.41) is 5.55. The second-order valence-corrected chi connectivity index (χ2v) is 11.6. The van der Waals surface area contributed by atoms with Crippen LogP contribution in [0.5, 0.6) is 0 Å². The molecule has 1 amide bonds. The molecule has 1 fully saturated rings. The van der Waals surface area contributed by atoms with Crippen molar-refractivity contribution in [2.75, 3.05) is 13.1 Å². The van der Waals surface area contributed by atoms with Crippen molar-refractivity contribution in [2.45, 2.75) is 71.4 Å². The van der Waals surface area contributed by atoms with Crippen molar-refractivity contribution in [1.82, 2.24) is 20.2 Å². The largest absolute Gasteiger partial charge is 0.349 e. The lowest BCUT2D eigenvalue weighted by molar-refractivity contribution is 0.0921. The monoisotopic (exact) mass is 476 g/mol. The van der Waals surface area contributed by atoms with Gasteiger partial charge in [0.2, 0.25) is 0 Å². The van der Waals surface area contributed by atoms with Gasteiger partial charge in [0.25, 0.3) is 5.91 Å². The fraction of sp³-hybridized carbons (Fsp3) is 0.536. The molecule has 2 aromatic heterocycles. The summed E-state index contributed by atoms with van der Waals surface area (Å²) in [6, 6.07) is 9.94. The second kappa shape index (κ2) is 10.5. The minimum atomic E-state index is 0.0336. The molecule has 1 aromatic carbocycles. The van der Waals surface area contributed by atoms with Crippen LogP contribution in [0.1, 0.15) is 71.9 Å². The summed E-state index contributed by atoms with van der Waals surface area (Å²) in [5.74, 6) is 1.47. The Morgan fingerprint density at radius 3 is 2.85 bits per heavy atom. The summed E-state index contributed by atoms with van der Waals surface area (Å²) >= 11 is 1.94. The van der Waals surface area contributed by atoms with Crippen molar-refractivity contribution in [3.63, 3.8) is 0 Å². The van der Waals surface area contributed by atoms with Crippen molar-refractivity contribution in [3.05, 3.63) is 57.7 Å². The first-order valence-corrected chi connectivity index (χ1v) is 13.7. The number of nitrogens with zero attached hydrogens (tertiary/aromatic N) is 3. The highest BCUT2D eigenvalue weighted by molar-refractivity contribution is 7.11. The van der Waals surface area contributed by atoms with Gasteiger partial charge in [-0.3, -0.25) is 14.7 Å². The molecule has 1 aliphatic carbocycles. The first-order valence-electron chi connectivity index (χ1n) is 12.9. The number of carbonyl (C=O) groups is 1. The van der Waals surface area contributed by atoms with Gasteiger partial charge >= 0.3 is 0 Å². The zero-order chi connectivity index (χ0) is 23.5. The fourth-order valence-corrected chi connectivity index (χ4v) is 6.74. The van der Waals surface area contributed by atoms with Crippen molar-refractivity contribution in [3.8, 4) is 0 Å². The quantitative estimate of drug-likeness (QED) is 0.480. The average Bonchev–Trinajstić information content (AvgIpc) is 3.24. The Bertz CT molecular complexity index is 1130. The molecular weight excluding hydrogens is 440 g/mol. The first kappa shape index (κ1) is 23.4. The molecule has 0 spiro atoms. The topological polar surface area (TPSA) is 58.1 Å². The number of amides is 1. The Balaban J connectivity index is 1.08. The fourth-order valence-electron chi connectivity index (χ4n) is 5.46. The second-order valence-electron chi connectivity index (χ2n) is 10.5. The Hall–Kier alpha value is -2.31. The molecule has 5 rings (SSSR count). The van der Waals surface area contributed by atoms with Crippen molar-refractivity contribution < 1.29 is 4.79 Å². The van der Waals surface area contributed by atoms with Crippen LogP contribution in [-0.2, 0) is 19.4 Å². The zero-order valence-corrected chi connectivity index (χ0v) is 21.2. The van der Waals surface area contributed by atoms with Crippen LogP contribution >= 0.6 is 11.3 Å². The summed E-state index contributed by atoms with van der Waals surface area (Å²) in [7, 11) is 0. The van der Waals surface area contributed by atoms with Gasteiger partial charge in [-0.15, -0.1) is 11.3 Å². The van der Waals surface area contributed by atoms with Gasteiger partial charge in [-0.1, -0.05) is 26.0 Å². The van der Waals surface area contributed by atoms with Crippen LogP contribution in [0.4, 0.5) is 0 Å². The number of hydrogen-bond donors (Lipinski definition) is 1. The zero-order valence-electron chi connectivity index (χ0n) is 20.4. The van der Waals surface area contributed by atoms with Crippen LogP contribution < -0.4 is 5.32 Å². The summed E-state index contributed by atoms with van der Waals surface area (Å²) < 4.78 is 0. The van der Waals surface area contributed by atoms with Gasteiger partial charge in [-0.05, 0) is 75.1 Å². The highest BCUT2D eigenvalue weighted by Gasteiger charge is 2.25. The SMILES string of the molecule is CC(C)Cc1nc2c(s1)CCN(CC[C@H]1CC[C@H](NC(=O)c3cccc4ncccc34)CC1)C2. The van der Waals surface area contributed by atoms with E-state index in [0.717, 1.165) is 54.6 Å². The van der Waals surface area contributed by atoms with E-state index in [1.54, 1.807) is 6.20 Å². The molecule has 0 saturated heterocycles. The maximum atomic E-state index is 13.0. The van der Waals surface area contributed by atoms with Gasteiger partial charge < -0.3 is 5.32 Å². The number of thiazole rings is 1. The molecule has 1 saturated carbocycles. The normalized spacial score (nSPS) is 21.0. The number of carbonyl (C=O) groups excluding carboxylic acids is 1. The molecule has 0 radical (unpaired) electrons. The van der Waals surface area contributed by atoms with Crippen molar-refractivity contribution in [1.29, 1.82) is 0 Å². The molecule has 180 valence electrons. The molecule has 34 heavy (non-hydrogen) atoms. The third-order valence-corrected chi connectivity index (χ3v) is 8.54. The summed E-state index contributed by atoms with van der Waals surface area (Å²) in [6.07, 6.45) is 9.86. The summed E-state index contributed by atoms with van der Waals surface area (Å²) in [4.78, 5) is 26.4. The van der Waals surface area contributed by atoms with Gasteiger partial charge in [0, 0.05) is 47.6 Å². The minimum Gasteiger partial charge on any atom is -0.349 e. The lowest BCUT2D eigenvalue weighted by Gasteiger charge is -2.32. The molecule has 2 aliphatic rings. The lowest BCUT2D eigenvalue weighted by atomic mass is 9.84. The standard InChI is InChI=1S/C28H36N4OS/c1-19(2)17-27-31-25-18-32(16-13-26(25)34-27)15-12-20-8-10-21(11-9-20)30-28(33)23-5-3-7-24-22(23)6-4-14-29-24/h3-7,14,19-21H,8-13,15-18H2,1-2H3,(H,30,33)/t20-,21-. The molecule has 6 heteroatoms. The highest BCUT2D eigenvalue weighted by Crippen LogP contribution is 2.30. The van der Waals surface area contributed by atoms with E-state index in [1.807, 2.05) is 41.7 Å². The van der Waals surface area contributed by atoms with Gasteiger partial charge in [-0.25, -0.2) is 4.98 Å². The van der Waals surface area contributed by atoms with E-state index in [1.165, 1.54) is 47.9 Å². The molecule has 0 atom stereocenters. The lowest BCUT2D eigenvalue weighted by Crippen LogP contribution is -2.38. The van der Waals surface area contributed by atoms with Crippen LogP contribution in [0, 0.1) is 11.8 Å². The Morgan fingerprint density at radius 2 is 2.03 bits per heavy atom. The maximum absolute atomic E-state index is 13.0. The van der Waals surface area contributed by atoms with Gasteiger partial charge in [0.1, 0.15) is 0 Å². The summed E-state index contributed by atoms with van der Waals surface area (Å²) in [6.45, 7) is 7.90. The van der Waals surface area contributed by atoms with E-state index < -0.39 is 0 Å². The van der Waals surface area contributed by atoms with Crippen LogP contribution in [0.3, 0.4) is 0 Å². The molecule has 0 unspecified atom stereocenters. The van der Waals surface area contributed by atoms with Crippen LogP contribution in [0.25, 0.3) is 10.9 Å². The van der Waals surface area contributed by atoms with Crippen LogP contribution in [0.15, 0.2) is 36.5 Å². The predicted molar refractivity (Wildman–Crippen MR) is 139 cm³/mol. The number of hydrogen-bond acceptors (Lipinski definition) is 5. The van der Waals surface area contributed by atoms with E-state index in [0.29, 0.717) is 5.92 Å². The third-order valence-electron chi connectivity index (χ3n) is 7.36. The first-order chi connectivity index (χ1) is 16.5. The number of pyridine rings is 1. The van der Waals surface area contributed by atoms with Crippen molar-refractivity contribution >= 4 is 28.1 Å². The molecule has 3 heterocycles.